The maximum Gasteiger partial charge on any atom is 0.251 e. The second-order valence-corrected chi connectivity index (χ2v) is 6.78. The number of H-pyrrole nitrogens is 1. The summed E-state index contributed by atoms with van der Waals surface area (Å²) in [5, 5.41) is 6.33. The van der Waals surface area contributed by atoms with Crippen molar-refractivity contribution in [1.82, 2.24) is 15.3 Å². The summed E-state index contributed by atoms with van der Waals surface area (Å²) in [4.78, 5) is 20.9. The van der Waals surface area contributed by atoms with Gasteiger partial charge in [0, 0.05) is 52.4 Å². The average molecular weight is 347 g/mol. The molecule has 0 fully saturated rings. The number of amides is 1. The zero-order valence-corrected chi connectivity index (χ0v) is 14.3. The molecule has 0 saturated carbocycles. The molecule has 1 aromatic carbocycles. The van der Waals surface area contributed by atoms with Crippen molar-refractivity contribution < 1.29 is 4.79 Å². The van der Waals surface area contributed by atoms with Crippen molar-refractivity contribution in [1.29, 1.82) is 0 Å². The quantitative estimate of drug-likeness (QED) is 0.569. The van der Waals surface area contributed by atoms with E-state index in [1.54, 1.807) is 35.9 Å². The third-order valence-corrected chi connectivity index (χ3v) is 5.28. The van der Waals surface area contributed by atoms with E-state index < -0.39 is 0 Å². The summed E-state index contributed by atoms with van der Waals surface area (Å²) in [6.07, 6.45) is 5.31. The highest BCUT2D eigenvalue weighted by atomic mass is 32.1. The van der Waals surface area contributed by atoms with E-state index in [1.165, 1.54) is 15.8 Å². The van der Waals surface area contributed by atoms with Crippen LogP contribution in [0.3, 0.4) is 0 Å². The van der Waals surface area contributed by atoms with Crippen LogP contribution in [-0.2, 0) is 0 Å². The Kier molecular flexibility index (Phi) is 4.31. The van der Waals surface area contributed by atoms with Crippen LogP contribution in [0.5, 0.6) is 0 Å². The molecular weight excluding hydrogens is 330 g/mol. The Balaban J connectivity index is 1.63. The van der Waals surface area contributed by atoms with E-state index in [9.17, 15) is 4.79 Å². The Morgan fingerprint density at radius 1 is 1.12 bits per heavy atom. The number of carbonyl (C=O) groups is 1. The number of pyridine rings is 1. The van der Waals surface area contributed by atoms with Crippen LogP contribution in [0.15, 0.2) is 72.5 Å². The first-order chi connectivity index (χ1) is 12.3. The van der Waals surface area contributed by atoms with Crippen LogP contribution in [0, 0.1) is 0 Å². The average Bonchev–Trinajstić information content (AvgIpc) is 3.33. The van der Waals surface area contributed by atoms with Gasteiger partial charge in [0.2, 0.25) is 0 Å². The fourth-order valence-electron chi connectivity index (χ4n) is 3.04. The molecule has 1 atom stereocenters. The molecule has 3 heterocycles. The summed E-state index contributed by atoms with van der Waals surface area (Å²) in [5.41, 5.74) is 2.94. The Morgan fingerprint density at radius 2 is 1.96 bits per heavy atom. The van der Waals surface area contributed by atoms with Crippen molar-refractivity contribution in [2.45, 2.75) is 5.92 Å². The molecule has 3 aromatic heterocycles. The predicted octanol–water partition coefficient (Wildman–Crippen LogP) is 4.19. The van der Waals surface area contributed by atoms with E-state index in [0.717, 1.165) is 5.52 Å². The number of thiophene rings is 1. The molecule has 0 saturated heterocycles. The van der Waals surface area contributed by atoms with Gasteiger partial charge in [0.15, 0.2) is 0 Å². The Morgan fingerprint density at radius 3 is 2.76 bits per heavy atom. The molecule has 5 heteroatoms. The highest BCUT2D eigenvalue weighted by molar-refractivity contribution is 7.10. The number of hydrogen-bond donors (Lipinski definition) is 2. The van der Waals surface area contributed by atoms with Gasteiger partial charge in [0.05, 0.1) is 0 Å². The Labute approximate surface area is 149 Å². The number of para-hydroxylation sites is 1. The lowest BCUT2D eigenvalue weighted by Gasteiger charge is -2.16. The van der Waals surface area contributed by atoms with E-state index in [0.29, 0.717) is 12.1 Å². The molecule has 0 aliphatic carbocycles. The summed E-state index contributed by atoms with van der Waals surface area (Å²) in [6, 6.07) is 15.9. The molecule has 1 unspecified atom stereocenters. The summed E-state index contributed by atoms with van der Waals surface area (Å²) in [5.74, 6) is 0.0331. The number of fused-ring (bicyclic) bond motifs is 1. The maximum atomic E-state index is 12.4. The van der Waals surface area contributed by atoms with Gasteiger partial charge in [0.25, 0.3) is 5.91 Å². The minimum Gasteiger partial charge on any atom is -0.361 e. The smallest absolute Gasteiger partial charge is 0.251 e. The van der Waals surface area contributed by atoms with E-state index in [4.69, 9.17) is 0 Å². The molecule has 4 rings (SSSR count). The number of nitrogens with one attached hydrogen (secondary N) is 2. The molecule has 0 spiro atoms. The molecule has 25 heavy (non-hydrogen) atoms. The van der Waals surface area contributed by atoms with Crippen molar-refractivity contribution in [3.8, 4) is 0 Å². The van der Waals surface area contributed by atoms with Gasteiger partial charge >= 0.3 is 0 Å². The molecule has 0 aliphatic heterocycles. The minimum atomic E-state index is -0.0798. The maximum absolute atomic E-state index is 12.4. The van der Waals surface area contributed by atoms with Gasteiger partial charge in [-0.2, -0.15) is 0 Å². The lowest BCUT2D eigenvalue weighted by Crippen LogP contribution is -2.28. The Bertz CT molecular complexity index is 977. The summed E-state index contributed by atoms with van der Waals surface area (Å²) < 4.78 is 0. The number of aromatic nitrogens is 2. The zero-order chi connectivity index (χ0) is 17.1. The number of aromatic amines is 1. The first kappa shape index (κ1) is 15.6. The van der Waals surface area contributed by atoms with Crippen molar-refractivity contribution >= 4 is 28.1 Å². The second kappa shape index (κ2) is 6.91. The number of benzene rings is 1. The second-order valence-electron chi connectivity index (χ2n) is 5.80. The van der Waals surface area contributed by atoms with Gasteiger partial charge in [-0.05, 0) is 35.2 Å². The highest BCUT2D eigenvalue weighted by Gasteiger charge is 2.20. The highest BCUT2D eigenvalue weighted by Crippen LogP contribution is 2.32. The lowest BCUT2D eigenvalue weighted by atomic mass is 9.96. The third kappa shape index (κ3) is 3.19. The van der Waals surface area contributed by atoms with Gasteiger partial charge in [-0.1, -0.05) is 24.3 Å². The molecule has 4 aromatic rings. The van der Waals surface area contributed by atoms with Gasteiger partial charge < -0.3 is 10.3 Å². The molecule has 0 bridgehead atoms. The normalized spacial score (nSPS) is 12.2. The fraction of sp³-hybridized carbons (Fsp3) is 0.100. The van der Waals surface area contributed by atoms with Crippen LogP contribution in [0.1, 0.15) is 26.7 Å². The number of rotatable bonds is 5. The zero-order valence-electron chi connectivity index (χ0n) is 13.5. The Hall–Kier alpha value is -2.92. The van der Waals surface area contributed by atoms with Crippen LogP contribution in [-0.4, -0.2) is 22.4 Å². The van der Waals surface area contributed by atoms with Crippen LogP contribution < -0.4 is 5.32 Å². The SMILES string of the molecule is O=C(NCC(c1cccs1)c1c[nH]c2ccccc12)c1ccncc1. The summed E-state index contributed by atoms with van der Waals surface area (Å²) >= 11 is 1.71. The van der Waals surface area contributed by atoms with Crippen LogP contribution in [0.4, 0.5) is 0 Å². The minimum absolute atomic E-state index is 0.0798. The first-order valence-electron chi connectivity index (χ1n) is 8.10. The summed E-state index contributed by atoms with van der Waals surface area (Å²) in [6.45, 7) is 0.545. The molecule has 0 aliphatic rings. The molecule has 0 radical (unpaired) electrons. The topological polar surface area (TPSA) is 57.8 Å². The standard InChI is InChI=1S/C20H17N3OS/c24-20(14-7-9-21-10-8-14)23-13-17(19-6-3-11-25-19)16-12-22-18-5-2-1-4-15(16)18/h1-12,17,22H,13H2,(H,23,24). The van der Waals surface area contributed by atoms with Gasteiger partial charge in [-0.15, -0.1) is 11.3 Å². The van der Waals surface area contributed by atoms with E-state index >= 15 is 0 Å². The first-order valence-corrected chi connectivity index (χ1v) is 8.98. The fourth-order valence-corrected chi connectivity index (χ4v) is 3.88. The van der Waals surface area contributed by atoms with Crippen LogP contribution in [0.25, 0.3) is 10.9 Å². The van der Waals surface area contributed by atoms with Gasteiger partial charge in [-0.3, -0.25) is 9.78 Å². The predicted molar refractivity (Wildman–Crippen MR) is 101 cm³/mol. The molecule has 1 amide bonds. The lowest BCUT2D eigenvalue weighted by molar-refractivity contribution is 0.0952. The van der Waals surface area contributed by atoms with E-state index in [2.05, 4.69) is 38.9 Å². The largest absolute Gasteiger partial charge is 0.361 e. The molecule has 2 N–H and O–H groups in total. The van der Waals surface area contributed by atoms with Gasteiger partial charge in [-0.25, -0.2) is 0 Å². The molecule has 4 nitrogen and oxygen atoms in total. The van der Waals surface area contributed by atoms with Crippen LogP contribution in [0.2, 0.25) is 0 Å². The third-order valence-electron chi connectivity index (χ3n) is 4.29. The number of nitrogens with zero attached hydrogens (tertiary/aromatic N) is 1. The van der Waals surface area contributed by atoms with E-state index in [-0.39, 0.29) is 11.8 Å². The van der Waals surface area contributed by atoms with Crippen molar-refractivity contribution in [2.75, 3.05) is 6.54 Å². The van der Waals surface area contributed by atoms with Crippen molar-refractivity contribution in [3.63, 3.8) is 0 Å². The molecular formula is C20H17N3OS. The van der Waals surface area contributed by atoms with Crippen molar-refractivity contribution in [3.05, 3.63) is 88.5 Å². The van der Waals surface area contributed by atoms with E-state index in [1.807, 2.05) is 24.4 Å². The monoisotopic (exact) mass is 347 g/mol. The van der Waals surface area contributed by atoms with Crippen molar-refractivity contribution in [2.24, 2.45) is 0 Å². The van der Waals surface area contributed by atoms with Gasteiger partial charge in [0.1, 0.15) is 0 Å². The molecule has 124 valence electrons. The van der Waals surface area contributed by atoms with Crippen LogP contribution >= 0.6 is 11.3 Å². The number of hydrogen-bond acceptors (Lipinski definition) is 3. The summed E-state index contributed by atoms with van der Waals surface area (Å²) in [7, 11) is 0. The number of carbonyl (C=O) groups excluding carboxylic acids is 1.